The minimum atomic E-state index is -4.44. The molecule has 0 aromatic carbocycles. The van der Waals surface area contributed by atoms with Crippen molar-refractivity contribution < 1.29 is 13.2 Å². The van der Waals surface area contributed by atoms with Crippen LogP contribution in [0, 0.1) is 0 Å². The molecule has 0 atom stereocenters. The molecule has 0 aliphatic carbocycles. The van der Waals surface area contributed by atoms with E-state index in [-0.39, 0.29) is 23.8 Å². The molecule has 0 amide bonds. The van der Waals surface area contributed by atoms with Gasteiger partial charge in [0.05, 0.1) is 17.7 Å². The number of rotatable bonds is 2. The van der Waals surface area contributed by atoms with Gasteiger partial charge in [-0.3, -0.25) is 4.98 Å². The third kappa shape index (κ3) is 2.73. The lowest BCUT2D eigenvalue weighted by atomic mass is 10.1. The molecule has 4 nitrogen and oxygen atoms in total. The summed E-state index contributed by atoms with van der Waals surface area (Å²) in [5.74, 6) is 0.420. The molecule has 0 radical (unpaired) electrons. The number of hydrogen-bond donors (Lipinski definition) is 1. The fourth-order valence-electron chi connectivity index (χ4n) is 1.49. The Morgan fingerprint density at radius 2 is 1.89 bits per heavy atom. The van der Waals surface area contributed by atoms with E-state index < -0.39 is 11.7 Å². The first kappa shape index (κ1) is 12.3. The molecule has 0 saturated heterocycles. The van der Waals surface area contributed by atoms with Gasteiger partial charge in [0, 0.05) is 12.4 Å². The average Bonchev–Trinajstić information content (AvgIpc) is 2.28. The Bertz CT molecular complexity index is 554. The van der Waals surface area contributed by atoms with Gasteiger partial charge in [-0.15, -0.1) is 0 Å². The molecular formula is C11H9F3N4. The summed E-state index contributed by atoms with van der Waals surface area (Å²) in [5, 5.41) is 0. The molecule has 0 bridgehead atoms. The van der Waals surface area contributed by atoms with Crippen LogP contribution in [-0.2, 0) is 12.6 Å². The fourth-order valence-corrected chi connectivity index (χ4v) is 1.49. The van der Waals surface area contributed by atoms with E-state index in [0.29, 0.717) is 0 Å². The molecule has 0 spiro atoms. The Morgan fingerprint density at radius 1 is 1.11 bits per heavy atom. The number of hydrogen-bond acceptors (Lipinski definition) is 4. The van der Waals surface area contributed by atoms with Crippen LogP contribution in [0.4, 0.5) is 19.0 Å². The molecule has 0 aliphatic heterocycles. The fraction of sp³-hybridized carbons (Fsp3) is 0.182. The average molecular weight is 254 g/mol. The Balaban J connectivity index is 2.35. The van der Waals surface area contributed by atoms with Crippen LogP contribution < -0.4 is 5.73 Å². The molecule has 0 unspecified atom stereocenters. The van der Waals surface area contributed by atoms with Crippen molar-refractivity contribution >= 4 is 5.82 Å². The minimum Gasteiger partial charge on any atom is -0.384 e. The van der Waals surface area contributed by atoms with Crippen LogP contribution in [0.3, 0.4) is 0 Å². The molecule has 7 heteroatoms. The second-order valence-corrected chi connectivity index (χ2v) is 3.57. The highest BCUT2D eigenvalue weighted by Gasteiger charge is 2.33. The highest BCUT2D eigenvalue weighted by Crippen LogP contribution is 2.31. The van der Waals surface area contributed by atoms with Crippen LogP contribution in [-0.4, -0.2) is 15.0 Å². The maximum absolute atomic E-state index is 12.7. The standard InChI is InChI=1S/C11H9F3N4/c12-11(13,14)7-2-1-4-16-8(7)6-10-17-5-3-9(15)18-10/h1-5H,6H2,(H2,15,17,18). The SMILES string of the molecule is Nc1ccnc(Cc2ncccc2C(F)(F)F)n1. The second kappa shape index (κ2) is 4.59. The van der Waals surface area contributed by atoms with Gasteiger partial charge in [-0.05, 0) is 18.2 Å². The number of nitrogens with two attached hydrogens (primary N) is 1. The summed E-state index contributed by atoms with van der Waals surface area (Å²) < 4.78 is 38.2. The maximum Gasteiger partial charge on any atom is 0.418 e. The summed E-state index contributed by atoms with van der Waals surface area (Å²) >= 11 is 0. The molecule has 0 fully saturated rings. The highest BCUT2D eigenvalue weighted by atomic mass is 19.4. The largest absolute Gasteiger partial charge is 0.418 e. The van der Waals surface area contributed by atoms with E-state index in [1.165, 1.54) is 24.5 Å². The smallest absolute Gasteiger partial charge is 0.384 e. The van der Waals surface area contributed by atoms with Crippen molar-refractivity contribution in [3.63, 3.8) is 0 Å². The Labute approximate surface area is 101 Å². The van der Waals surface area contributed by atoms with Gasteiger partial charge in [-0.1, -0.05) is 0 Å². The third-order valence-corrected chi connectivity index (χ3v) is 2.25. The molecule has 2 N–H and O–H groups in total. The van der Waals surface area contributed by atoms with Crippen molar-refractivity contribution in [1.29, 1.82) is 0 Å². The first-order chi connectivity index (χ1) is 8.47. The normalized spacial score (nSPS) is 11.5. The van der Waals surface area contributed by atoms with E-state index in [9.17, 15) is 13.2 Å². The van der Waals surface area contributed by atoms with Crippen molar-refractivity contribution in [3.05, 3.63) is 47.7 Å². The Kier molecular flexibility index (Phi) is 3.14. The zero-order valence-electron chi connectivity index (χ0n) is 9.15. The summed E-state index contributed by atoms with van der Waals surface area (Å²) in [6.07, 6.45) is -1.85. The number of alkyl halides is 3. The Morgan fingerprint density at radius 3 is 2.56 bits per heavy atom. The molecule has 2 aromatic rings. The summed E-state index contributed by atoms with van der Waals surface area (Å²) in [4.78, 5) is 11.4. The zero-order valence-corrected chi connectivity index (χ0v) is 9.15. The lowest BCUT2D eigenvalue weighted by molar-refractivity contribution is -0.138. The monoisotopic (exact) mass is 254 g/mol. The molecule has 0 saturated carbocycles. The van der Waals surface area contributed by atoms with Gasteiger partial charge in [-0.25, -0.2) is 9.97 Å². The van der Waals surface area contributed by atoms with Gasteiger partial charge in [0.25, 0.3) is 0 Å². The predicted molar refractivity (Wildman–Crippen MR) is 58.5 cm³/mol. The highest BCUT2D eigenvalue weighted by molar-refractivity contribution is 5.29. The van der Waals surface area contributed by atoms with Gasteiger partial charge in [-0.2, -0.15) is 13.2 Å². The number of aromatic nitrogens is 3. The van der Waals surface area contributed by atoms with Gasteiger partial charge >= 0.3 is 6.18 Å². The Hall–Kier alpha value is -2.18. The van der Waals surface area contributed by atoms with E-state index in [2.05, 4.69) is 15.0 Å². The van der Waals surface area contributed by atoms with E-state index in [1.54, 1.807) is 0 Å². The summed E-state index contributed by atoms with van der Waals surface area (Å²) in [7, 11) is 0. The molecule has 2 heterocycles. The molecule has 2 aromatic heterocycles. The van der Waals surface area contributed by atoms with Crippen LogP contribution in [0.5, 0.6) is 0 Å². The minimum absolute atomic E-state index is 0.110. The van der Waals surface area contributed by atoms with Crippen LogP contribution in [0.15, 0.2) is 30.6 Å². The molecule has 2 rings (SSSR count). The number of anilines is 1. The zero-order chi connectivity index (χ0) is 13.2. The third-order valence-electron chi connectivity index (χ3n) is 2.25. The predicted octanol–water partition coefficient (Wildman–Crippen LogP) is 2.06. The van der Waals surface area contributed by atoms with E-state index >= 15 is 0 Å². The molecule has 18 heavy (non-hydrogen) atoms. The van der Waals surface area contributed by atoms with E-state index in [4.69, 9.17) is 5.73 Å². The van der Waals surface area contributed by atoms with Crippen molar-refractivity contribution in [2.75, 3.05) is 5.73 Å². The topological polar surface area (TPSA) is 64.7 Å². The first-order valence-electron chi connectivity index (χ1n) is 5.05. The second-order valence-electron chi connectivity index (χ2n) is 3.57. The number of nitrogens with zero attached hydrogens (tertiary/aromatic N) is 3. The van der Waals surface area contributed by atoms with Gasteiger partial charge < -0.3 is 5.73 Å². The van der Waals surface area contributed by atoms with Crippen LogP contribution in [0.25, 0.3) is 0 Å². The number of pyridine rings is 1. The van der Waals surface area contributed by atoms with Crippen LogP contribution in [0.2, 0.25) is 0 Å². The summed E-state index contributed by atoms with van der Waals surface area (Å²) in [5.41, 5.74) is 4.55. The summed E-state index contributed by atoms with van der Waals surface area (Å²) in [6.45, 7) is 0. The number of nitrogen functional groups attached to an aromatic ring is 1. The molecule has 94 valence electrons. The van der Waals surface area contributed by atoms with Gasteiger partial charge in [0.2, 0.25) is 0 Å². The molecular weight excluding hydrogens is 245 g/mol. The van der Waals surface area contributed by atoms with E-state index in [1.807, 2.05) is 0 Å². The maximum atomic E-state index is 12.7. The number of halogens is 3. The van der Waals surface area contributed by atoms with Gasteiger partial charge in [0.15, 0.2) is 0 Å². The van der Waals surface area contributed by atoms with Crippen LogP contribution in [0.1, 0.15) is 17.1 Å². The lowest BCUT2D eigenvalue weighted by Crippen LogP contribution is -2.12. The first-order valence-corrected chi connectivity index (χ1v) is 5.05. The van der Waals surface area contributed by atoms with Crippen molar-refractivity contribution in [2.45, 2.75) is 12.6 Å². The van der Waals surface area contributed by atoms with Gasteiger partial charge in [0.1, 0.15) is 11.6 Å². The van der Waals surface area contributed by atoms with Crippen molar-refractivity contribution in [1.82, 2.24) is 15.0 Å². The summed E-state index contributed by atoms with van der Waals surface area (Å²) in [6, 6.07) is 3.69. The quantitative estimate of drug-likeness (QED) is 0.890. The van der Waals surface area contributed by atoms with Crippen molar-refractivity contribution in [2.24, 2.45) is 0 Å². The van der Waals surface area contributed by atoms with Crippen molar-refractivity contribution in [3.8, 4) is 0 Å². The lowest BCUT2D eigenvalue weighted by Gasteiger charge is -2.10. The van der Waals surface area contributed by atoms with E-state index in [0.717, 1.165) is 6.07 Å². The molecule has 0 aliphatic rings. The van der Waals surface area contributed by atoms with Crippen LogP contribution >= 0.6 is 0 Å².